The van der Waals surface area contributed by atoms with Gasteiger partial charge in [-0.05, 0) is 25.7 Å². The fraction of sp³-hybridized carbons (Fsp3) is 1.00. The van der Waals surface area contributed by atoms with Crippen LogP contribution in [-0.2, 0) is 0 Å². The zero-order chi connectivity index (χ0) is 11.3. The summed E-state index contributed by atoms with van der Waals surface area (Å²) in [6.07, 6.45) is 5.50. The first-order valence-electron chi connectivity index (χ1n) is 7.06. The predicted octanol–water partition coefficient (Wildman–Crippen LogP) is 3.69. The molecule has 1 fully saturated rings. The van der Waals surface area contributed by atoms with Gasteiger partial charge in [0.2, 0.25) is 0 Å². The molecular formula is C14H30N+. The maximum atomic E-state index is 2.38. The van der Waals surface area contributed by atoms with Gasteiger partial charge in [-0.25, -0.2) is 0 Å². The highest BCUT2D eigenvalue weighted by Gasteiger charge is 2.42. The summed E-state index contributed by atoms with van der Waals surface area (Å²) in [5.74, 6) is 2.01. The van der Waals surface area contributed by atoms with E-state index in [0.717, 1.165) is 11.8 Å². The van der Waals surface area contributed by atoms with E-state index in [9.17, 15) is 0 Å². The summed E-state index contributed by atoms with van der Waals surface area (Å²) < 4.78 is 1.43. The highest BCUT2D eigenvalue weighted by Crippen LogP contribution is 2.34. The van der Waals surface area contributed by atoms with Crippen LogP contribution >= 0.6 is 0 Å². The second-order valence-electron chi connectivity index (χ2n) is 5.49. The molecule has 0 spiro atoms. The maximum Gasteiger partial charge on any atom is 0.0820 e. The molecule has 0 aromatic heterocycles. The molecule has 1 heteroatoms. The summed E-state index contributed by atoms with van der Waals surface area (Å²) in [6, 6.07) is 0. The first-order chi connectivity index (χ1) is 7.21. The second-order valence-corrected chi connectivity index (χ2v) is 5.49. The van der Waals surface area contributed by atoms with Crippen molar-refractivity contribution in [3.8, 4) is 0 Å². The molecule has 0 bridgehead atoms. The van der Waals surface area contributed by atoms with Crippen molar-refractivity contribution in [2.45, 2.75) is 53.4 Å². The van der Waals surface area contributed by atoms with E-state index in [2.05, 4.69) is 27.7 Å². The fourth-order valence-electron chi connectivity index (χ4n) is 3.72. The molecule has 0 aliphatic carbocycles. The number of hydrogen-bond acceptors (Lipinski definition) is 0. The molecule has 0 aromatic carbocycles. The lowest BCUT2D eigenvalue weighted by Gasteiger charge is -2.34. The van der Waals surface area contributed by atoms with E-state index in [4.69, 9.17) is 0 Å². The number of hydrogen-bond donors (Lipinski definition) is 0. The van der Waals surface area contributed by atoms with Gasteiger partial charge in [-0.1, -0.05) is 27.7 Å². The molecule has 0 amide bonds. The number of likely N-dealkylation sites (tertiary alicyclic amines) is 1. The van der Waals surface area contributed by atoms with Crippen LogP contribution in [0.15, 0.2) is 0 Å². The topological polar surface area (TPSA) is 0 Å². The Morgan fingerprint density at radius 1 is 0.800 bits per heavy atom. The SMILES string of the molecule is CCC[N+]1(CCC)C[C@@H](CC)[C@H](CC)C1. The molecule has 90 valence electrons. The molecule has 0 N–H and O–H groups in total. The van der Waals surface area contributed by atoms with E-state index in [0.29, 0.717) is 0 Å². The van der Waals surface area contributed by atoms with E-state index < -0.39 is 0 Å². The van der Waals surface area contributed by atoms with E-state index in [1.807, 2.05) is 0 Å². The third-order valence-electron chi connectivity index (χ3n) is 4.35. The smallest absolute Gasteiger partial charge is 0.0820 e. The van der Waals surface area contributed by atoms with E-state index in [1.165, 1.54) is 56.3 Å². The average Bonchev–Trinajstić information content (AvgIpc) is 2.57. The molecule has 0 saturated carbocycles. The summed E-state index contributed by atoms with van der Waals surface area (Å²) in [5.41, 5.74) is 0. The van der Waals surface area contributed by atoms with Crippen molar-refractivity contribution < 1.29 is 4.48 Å². The molecule has 2 atom stereocenters. The number of nitrogens with zero attached hydrogens (tertiary/aromatic N) is 1. The van der Waals surface area contributed by atoms with Gasteiger partial charge < -0.3 is 4.48 Å². The summed E-state index contributed by atoms with van der Waals surface area (Å²) in [7, 11) is 0. The highest BCUT2D eigenvalue weighted by molar-refractivity contribution is 4.75. The van der Waals surface area contributed by atoms with Gasteiger partial charge in [0.25, 0.3) is 0 Å². The van der Waals surface area contributed by atoms with Crippen LogP contribution in [0.25, 0.3) is 0 Å². The minimum Gasteiger partial charge on any atom is -0.323 e. The third kappa shape index (κ3) is 2.96. The first-order valence-corrected chi connectivity index (χ1v) is 7.06. The molecule has 1 saturated heterocycles. The minimum atomic E-state index is 1.01. The van der Waals surface area contributed by atoms with E-state index in [1.54, 1.807) is 0 Å². The van der Waals surface area contributed by atoms with E-state index in [-0.39, 0.29) is 0 Å². The monoisotopic (exact) mass is 212 g/mol. The van der Waals surface area contributed by atoms with E-state index >= 15 is 0 Å². The Hall–Kier alpha value is -0.0400. The maximum absolute atomic E-state index is 2.38. The molecular weight excluding hydrogens is 182 g/mol. The Balaban J connectivity index is 2.66. The third-order valence-corrected chi connectivity index (χ3v) is 4.35. The van der Waals surface area contributed by atoms with Crippen molar-refractivity contribution in [1.29, 1.82) is 0 Å². The average molecular weight is 212 g/mol. The van der Waals surface area contributed by atoms with Crippen molar-refractivity contribution in [3.63, 3.8) is 0 Å². The molecule has 1 aliphatic heterocycles. The van der Waals surface area contributed by atoms with Crippen molar-refractivity contribution in [2.24, 2.45) is 11.8 Å². The quantitative estimate of drug-likeness (QED) is 0.589. The molecule has 1 nitrogen and oxygen atoms in total. The second kappa shape index (κ2) is 5.89. The lowest BCUT2D eigenvalue weighted by Crippen LogP contribution is -2.47. The molecule has 1 heterocycles. The molecule has 0 radical (unpaired) electrons. The summed E-state index contributed by atoms with van der Waals surface area (Å²) in [5, 5.41) is 0. The van der Waals surface area contributed by atoms with Crippen LogP contribution in [0.5, 0.6) is 0 Å². The Kier molecular flexibility index (Phi) is 5.11. The van der Waals surface area contributed by atoms with Crippen molar-refractivity contribution in [1.82, 2.24) is 0 Å². The van der Waals surface area contributed by atoms with Gasteiger partial charge in [0.05, 0.1) is 26.2 Å². The summed E-state index contributed by atoms with van der Waals surface area (Å²) >= 11 is 0. The van der Waals surface area contributed by atoms with Crippen LogP contribution in [0.1, 0.15) is 53.4 Å². The van der Waals surface area contributed by atoms with Crippen molar-refractivity contribution in [3.05, 3.63) is 0 Å². The van der Waals surface area contributed by atoms with Gasteiger partial charge in [-0.3, -0.25) is 0 Å². The summed E-state index contributed by atoms with van der Waals surface area (Å²) in [6.45, 7) is 15.2. The van der Waals surface area contributed by atoms with Gasteiger partial charge >= 0.3 is 0 Å². The van der Waals surface area contributed by atoms with Crippen LogP contribution in [0, 0.1) is 11.8 Å². The van der Waals surface area contributed by atoms with Crippen LogP contribution in [0.2, 0.25) is 0 Å². The standard InChI is InChI=1S/C14H30N/c1-5-9-15(10-6-2)11-13(7-3)14(8-4)12-15/h13-14H,5-12H2,1-4H3/q+1/t13-,14-/m1/s1. The summed E-state index contributed by atoms with van der Waals surface area (Å²) in [4.78, 5) is 0. The van der Waals surface area contributed by atoms with Crippen LogP contribution in [-0.4, -0.2) is 30.7 Å². The minimum absolute atomic E-state index is 1.01. The zero-order valence-electron chi connectivity index (χ0n) is 11.3. The van der Waals surface area contributed by atoms with Gasteiger partial charge in [0.15, 0.2) is 0 Å². The predicted molar refractivity (Wildman–Crippen MR) is 67.9 cm³/mol. The van der Waals surface area contributed by atoms with Crippen molar-refractivity contribution >= 4 is 0 Å². The van der Waals surface area contributed by atoms with Crippen LogP contribution in [0.4, 0.5) is 0 Å². The Labute approximate surface area is 96.4 Å². The van der Waals surface area contributed by atoms with Crippen LogP contribution < -0.4 is 0 Å². The first kappa shape index (κ1) is 13.0. The van der Waals surface area contributed by atoms with Gasteiger partial charge in [0, 0.05) is 11.8 Å². The Morgan fingerprint density at radius 3 is 1.47 bits per heavy atom. The largest absolute Gasteiger partial charge is 0.323 e. The lowest BCUT2D eigenvalue weighted by atomic mass is 9.92. The number of rotatable bonds is 6. The van der Waals surface area contributed by atoms with Gasteiger partial charge in [0.1, 0.15) is 0 Å². The van der Waals surface area contributed by atoms with Crippen molar-refractivity contribution in [2.75, 3.05) is 26.2 Å². The number of quaternary nitrogens is 1. The molecule has 15 heavy (non-hydrogen) atoms. The zero-order valence-corrected chi connectivity index (χ0v) is 11.3. The Bertz CT molecular complexity index is 156. The van der Waals surface area contributed by atoms with Crippen LogP contribution in [0.3, 0.4) is 0 Å². The molecule has 1 aliphatic rings. The molecule has 0 unspecified atom stereocenters. The fourth-order valence-corrected chi connectivity index (χ4v) is 3.72. The van der Waals surface area contributed by atoms with Gasteiger partial charge in [-0.15, -0.1) is 0 Å². The lowest BCUT2D eigenvalue weighted by molar-refractivity contribution is -0.919. The molecule has 0 aromatic rings. The molecule has 1 rings (SSSR count). The normalized spacial score (nSPS) is 29.6. The highest BCUT2D eigenvalue weighted by atomic mass is 15.4. The Morgan fingerprint density at radius 2 is 1.20 bits per heavy atom. The van der Waals surface area contributed by atoms with Gasteiger partial charge in [-0.2, -0.15) is 0 Å².